The maximum atomic E-state index is 12.0. The molecule has 0 spiro atoms. The van der Waals surface area contributed by atoms with Crippen LogP contribution >= 0.6 is 11.8 Å². The first-order valence-corrected chi connectivity index (χ1v) is 8.67. The number of amides is 1. The first kappa shape index (κ1) is 17.3. The molecule has 0 radical (unpaired) electrons. The lowest BCUT2D eigenvalue weighted by Crippen LogP contribution is -2.18. The lowest BCUT2D eigenvalue weighted by atomic mass is 10.0. The van der Waals surface area contributed by atoms with E-state index in [-0.39, 0.29) is 17.3 Å². The Morgan fingerprint density at radius 3 is 2.65 bits per heavy atom. The number of thioether (sulfide) groups is 1. The van der Waals surface area contributed by atoms with Crippen LogP contribution in [-0.4, -0.2) is 26.4 Å². The van der Waals surface area contributed by atoms with E-state index in [0.29, 0.717) is 17.6 Å². The van der Waals surface area contributed by atoms with Gasteiger partial charge < -0.3 is 5.32 Å². The standard InChI is InChI=1S/C16H22N4O2S/c1-4-9-20-15(22)18-19-16(20)23-10-14(21)17-13-7-5-12(6-8-13)11(2)3/h5-8,11H,4,9-10H2,1-3H3,(H,17,21)(H,18,22). The van der Waals surface area contributed by atoms with Gasteiger partial charge in [0.2, 0.25) is 5.91 Å². The van der Waals surface area contributed by atoms with Crippen molar-refractivity contribution in [2.75, 3.05) is 11.1 Å². The van der Waals surface area contributed by atoms with Gasteiger partial charge in [-0.1, -0.05) is 44.7 Å². The Labute approximate surface area is 139 Å². The van der Waals surface area contributed by atoms with Gasteiger partial charge in [-0.25, -0.2) is 9.89 Å². The van der Waals surface area contributed by atoms with Crippen molar-refractivity contribution in [2.45, 2.75) is 44.8 Å². The molecule has 0 saturated heterocycles. The zero-order valence-electron chi connectivity index (χ0n) is 13.6. The summed E-state index contributed by atoms with van der Waals surface area (Å²) in [7, 11) is 0. The summed E-state index contributed by atoms with van der Waals surface area (Å²) in [6.07, 6.45) is 0.835. The number of hydrogen-bond donors (Lipinski definition) is 2. The summed E-state index contributed by atoms with van der Waals surface area (Å²) in [6, 6.07) is 7.83. The number of nitrogens with zero attached hydrogens (tertiary/aromatic N) is 2. The quantitative estimate of drug-likeness (QED) is 0.763. The molecule has 0 aliphatic heterocycles. The van der Waals surface area contributed by atoms with Crippen molar-refractivity contribution >= 4 is 23.4 Å². The predicted molar refractivity (Wildman–Crippen MR) is 93.0 cm³/mol. The largest absolute Gasteiger partial charge is 0.343 e. The number of aromatic amines is 1. The third kappa shape index (κ3) is 4.72. The van der Waals surface area contributed by atoms with Gasteiger partial charge in [-0.05, 0) is 30.0 Å². The summed E-state index contributed by atoms with van der Waals surface area (Å²) in [6.45, 7) is 6.84. The van der Waals surface area contributed by atoms with Crippen molar-refractivity contribution in [3.8, 4) is 0 Å². The minimum Gasteiger partial charge on any atom is -0.325 e. The Morgan fingerprint density at radius 1 is 1.35 bits per heavy atom. The molecule has 0 aliphatic carbocycles. The minimum atomic E-state index is -0.237. The molecule has 2 aromatic rings. The van der Waals surface area contributed by atoms with E-state index in [0.717, 1.165) is 12.1 Å². The highest BCUT2D eigenvalue weighted by Crippen LogP contribution is 2.18. The zero-order valence-corrected chi connectivity index (χ0v) is 14.4. The molecule has 2 rings (SSSR count). The van der Waals surface area contributed by atoms with Gasteiger partial charge in [0.15, 0.2) is 5.16 Å². The second-order valence-electron chi connectivity index (χ2n) is 5.58. The third-order valence-corrected chi connectivity index (χ3v) is 4.34. The van der Waals surface area contributed by atoms with Crippen molar-refractivity contribution in [3.63, 3.8) is 0 Å². The number of H-pyrrole nitrogens is 1. The smallest absolute Gasteiger partial charge is 0.325 e. The number of aromatic nitrogens is 3. The van der Waals surface area contributed by atoms with Gasteiger partial charge in [0, 0.05) is 12.2 Å². The van der Waals surface area contributed by atoms with Gasteiger partial charge >= 0.3 is 5.69 Å². The van der Waals surface area contributed by atoms with E-state index in [4.69, 9.17) is 0 Å². The fourth-order valence-electron chi connectivity index (χ4n) is 2.11. The molecule has 23 heavy (non-hydrogen) atoms. The monoisotopic (exact) mass is 334 g/mol. The number of nitrogens with one attached hydrogen (secondary N) is 2. The molecule has 0 atom stereocenters. The van der Waals surface area contributed by atoms with Crippen molar-refractivity contribution in [1.29, 1.82) is 0 Å². The molecule has 2 N–H and O–H groups in total. The first-order chi connectivity index (χ1) is 11.0. The molecular formula is C16H22N4O2S. The Morgan fingerprint density at radius 2 is 2.04 bits per heavy atom. The van der Waals surface area contributed by atoms with Gasteiger partial charge in [0.25, 0.3) is 0 Å². The van der Waals surface area contributed by atoms with Crippen LogP contribution in [0.5, 0.6) is 0 Å². The van der Waals surface area contributed by atoms with Gasteiger partial charge in [-0.2, -0.15) is 0 Å². The highest BCUT2D eigenvalue weighted by molar-refractivity contribution is 7.99. The highest BCUT2D eigenvalue weighted by Gasteiger charge is 2.11. The Hall–Kier alpha value is -2.02. The molecule has 7 heteroatoms. The van der Waals surface area contributed by atoms with Gasteiger partial charge in [-0.3, -0.25) is 9.36 Å². The van der Waals surface area contributed by atoms with E-state index in [1.165, 1.54) is 17.3 Å². The van der Waals surface area contributed by atoms with Gasteiger partial charge in [-0.15, -0.1) is 5.10 Å². The molecule has 1 heterocycles. The van der Waals surface area contributed by atoms with Crippen molar-refractivity contribution in [3.05, 3.63) is 40.3 Å². The predicted octanol–water partition coefficient (Wildman–Crippen LogP) is 2.84. The van der Waals surface area contributed by atoms with Crippen LogP contribution in [-0.2, 0) is 11.3 Å². The second-order valence-corrected chi connectivity index (χ2v) is 6.52. The fourth-order valence-corrected chi connectivity index (χ4v) is 2.89. The van der Waals surface area contributed by atoms with Crippen molar-refractivity contribution in [2.24, 2.45) is 0 Å². The van der Waals surface area contributed by atoms with Crippen LogP contribution in [0.25, 0.3) is 0 Å². The normalized spacial score (nSPS) is 11.0. The van der Waals surface area contributed by atoms with Crippen LogP contribution in [0.15, 0.2) is 34.2 Å². The molecular weight excluding hydrogens is 312 g/mol. The molecule has 0 fully saturated rings. The van der Waals surface area contributed by atoms with Crippen LogP contribution in [0.4, 0.5) is 5.69 Å². The van der Waals surface area contributed by atoms with E-state index in [2.05, 4.69) is 29.4 Å². The minimum absolute atomic E-state index is 0.120. The van der Waals surface area contributed by atoms with Crippen molar-refractivity contribution in [1.82, 2.24) is 14.8 Å². The van der Waals surface area contributed by atoms with E-state index in [1.807, 2.05) is 31.2 Å². The number of carbonyl (C=O) groups is 1. The molecule has 124 valence electrons. The Bertz CT molecular complexity index is 704. The number of anilines is 1. The summed E-state index contributed by atoms with van der Waals surface area (Å²) >= 11 is 1.25. The molecule has 1 amide bonds. The molecule has 0 unspecified atom stereocenters. The molecule has 1 aromatic carbocycles. The lowest BCUT2D eigenvalue weighted by Gasteiger charge is -2.08. The summed E-state index contributed by atoms with van der Waals surface area (Å²) in [5.74, 6) is 0.552. The van der Waals surface area contributed by atoms with E-state index >= 15 is 0 Å². The Kier molecular flexibility index (Phi) is 6.04. The van der Waals surface area contributed by atoms with Crippen LogP contribution in [0.3, 0.4) is 0 Å². The average molecular weight is 334 g/mol. The highest BCUT2D eigenvalue weighted by atomic mass is 32.2. The SMILES string of the molecule is CCCn1c(SCC(=O)Nc2ccc(C(C)C)cc2)n[nH]c1=O. The zero-order chi connectivity index (χ0) is 16.8. The van der Waals surface area contributed by atoms with Gasteiger partial charge in [0.05, 0.1) is 5.75 Å². The lowest BCUT2D eigenvalue weighted by molar-refractivity contribution is -0.113. The maximum Gasteiger partial charge on any atom is 0.343 e. The average Bonchev–Trinajstić information content (AvgIpc) is 2.87. The molecule has 0 bridgehead atoms. The fraction of sp³-hybridized carbons (Fsp3) is 0.438. The van der Waals surface area contributed by atoms with E-state index in [9.17, 15) is 9.59 Å². The maximum absolute atomic E-state index is 12.0. The van der Waals surface area contributed by atoms with Crippen LogP contribution in [0.2, 0.25) is 0 Å². The third-order valence-electron chi connectivity index (χ3n) is 3.36. The molecule has 0 saturated carbocycles. The number of carbonyl (C=O) groups excluding carboxylic acids is 1. The topological polar surface area (TPSA) is 79.8 Å². The molecule has 1 aromatic heterocycles. The molecule has 6 nitrogen and oxygen atoms in total. The number of hydrogen-bond acceptors (Lipinski definition) is 4. The molecule has 0 aliphatic rings. The van der Waals surface area contributed by atoms with Crippen LogP contribution in [0.1, 0.15) is 38.7 Å². The summed E-state index contributed by atoms with van der Waals surface area (Å²) in [4.78, 5) is 23.6. The van der Waals surface area contributed by atoms with Gasteiger partial charge in [0.1, 0.15) is 0 Å². The van der Waals surface area contributed by atoms with Crippen molar-refractivity contribution < 1.29 is 4.79 Å². The van der Waals surface area contributed by atoms with Crippen LogP contribution < -0.4 is 11.0 Å². The summed E-state index contributed by atoms with van der Waals surface area (Å²) < 4.78 is 1.55. The van der Waals surface area contributed by atoms with E-state index < -0.39 is 0 Å². The number of rotatable bonds is 7. The summed E-state index contributed by atoms with van der Waals surface area (Å²) in [5, 5.41) is 9.76. The Balaban J connectivity index is 1.91. The second kappa shape index (κ2) is 8.01. The first-order valence-electron chi connectivity index (χ1n) is 7.69. The van der Waals surface area contributed by atoms with E-state index in [1.54, 1.807) is 4.57 Å². The number of benzene rings is 1. The summed E-state index contributed by atoms with van der Waals surface area (Å²) in [5.41, 5.74) is 1.77. The van der Waals surface area contributed by atoms with Crippen LogP contribution in [0, 0.1) is 0 Å².